The molecule has 3 aliphatic rings. The van der Waals surface area contributed by atoms with Crippen molar-refractivity contribution in [1.82, 2.24) is 4.57 Å². The number of fused-ring (bicyclic) bond motifs is 11. The van der Waals surface area contributed by atoms with Crippen LogP contribution in [0.2, 0.25) is 0 Å². The predicted molar refractivity (Wildman–Crippen MR) is 286 cm³/mol. The largest absolute Gasteiger partial charge is 0.309 e. The van der Waals surface area contributed by atoms with Crippen LogP contribution in [-0.2, 0) is 10.8 Å². The standard InChI is InChI=1S/C65H50N2/c1-7-40(43-30-32-57-51(36-43)47-22-9-12-26-55(47)64(57,3)4)34-45(8-2)66-59-28-14-11-24-49(59)53-38-54-50-25-16-18-41-19-17-29-60(63(41)50)67(62(54)39-61(53)66)46-21-15-20-42(35-46)44-31-33-58-52(37-44)48-23-10-13-27-56(48)65(58,5)6/h7-39H,2H2,1,3-6H3/b40-7+,45-34+. The molecule has 2 aliphatic carbocycles. The maximum absolute atomic E-state index is 4.48. The van der Waals surface area contributed by atoms with Gasteiger partial charge in [0.25, 0.3) is 0 Å². The number of anilines is 3. The molecule has 320 valence electrons. The van der Waals surface area contributed by atoms with Crippen LogP contribution in [-0.4, -0.2) is 4.57 Å². The summed E-state index contributed by atoms with van der Waals surface area (Å²) in [5, 5.41) is 4.94. The molecule has 0 atom stereocenters. The van der Waals surface area contributed by atoms with Crippen molar-refractivity contribution in [1.29, 1.82) is 0 Å². The van der Waals surface area contributed by atoms with Crippen LogP contribution in [0.25, 0.3) is 88.4 Å². The topological polar surface area (TPSA) is 8.17 Å². The fourth-order valence-corrected chi connectivity index (χ4v) is 12.2. The van der Waals surface area contributed by atoms with Crippen LogP contribution in [0.3, 0.4) is 0 Å². The summed E-state index contributed by atoms with van der Waals surface area (Å²) in [6.45, 7) is 16.0. The Hall–Kier alpha value is -7.94. The molecule has 1 aliphatic heterocycles. The summed E-state index contributed by atoms with van der Waals surface area (Å²) >= 11 is 0. The van der Waals surface area contributed by atoms with E-state index in [0.29, 0.717) is 0 Å². The number of allylic oxidation sites excluding steroid dienone is 5. The van der Waals surface area contributed by atoms with E-state index >= 15 is 0 Å². The average molecular weight is 859 g/mol. The van der Waals surface area contributed by atoms with Crippen LogP contribution in [0.4, 0.5) is 17.1 Å². The van der Waals surface area contributed by atoms with Gasteiger partial charge in [-0.2, -0.15) is 0 Å². The first-order chi connectivity index (χ1) is 32.6. The zero-order chi connectivity index (χ0) is 45.3. The Labute approximate surface area is 393 Å². The average Bonchev–Trinajstić information content (AvgIpc) is 3.90. The highest BCUT2D eigenvalue weighted by Gasteiger charge is 2.37. The molecule has 0 amide bonds. The molecule has 0 bridgehead atoms. The molecule has 2 nitrogen and oxygen atoms in total. The number of hydrogen-bond acceptors (Lipinski definition) is 1. The highest BCUT2D eigenvalue weighted by molar-refractivity contribution is 6.19. The summed E-state index contributed by atoms with van der Waals surface area (Å²) in [6, 6.07) is 68.3. The molecule has 0 N–H and O–H groups in total. The minimum atomic E-state index is -0.0437. The van der Waals surface area contributed by atoms with Crippen molar-refractivity contribution in [3.63, 3.8) is 0 Å². The first kappa shape index (κ1) is 39.4. The van der Waals surface area contributed by atoms with Gasteiger partial charge in [-0.3, -0.25) is 0 Å². The van der Waals surface area contributed by atoms with E-state index in [2.05, 4.69) is 245 Å². The molecule has 0 saturated carbocycles. The summed E-state index contributed by atoms with van der Waals surface area (Å²) in [7, 11) is 0. The zero-order valence-electron chi connectivity index (χ0n) is 38.7. The second kappa shape index (κ2) is 14.3. The fourth-order valence-electron chi connectivity index (χ4n) is 12.2. The van der Waals surface area contributed by atoms with E-state index in [1.807, 2.05) is 6.08 Å². The Kier molecular flexibility index (Phi) is 8.40. The van der Waals surface area contributed by atoms with Gasteiger partial charge in [-0.1, -0.05) is 174 Å². The zero-order valence-corrected chi connectivity index (χ0v) is 38.7. The molecule has 1 aromatic heterocycles. The van der Waals surface area contributed by atoms with Gasteiger partial charge >= 0.3 is 0 Å². The lowest BCUT2D eigenvalue weighted by atomic mass is 9.82. The Morgan fingerprint density at radius 1 is 0.478 bits per heavy atom. The van der Waals surface area contributed by atoms with Gasteiger partial charge in [0.2, 0.25) is 0 Å². The van der Waals surface area contributed by atoms with Crippen molar-refractivity contribution in [3.05, 3.63) is 235 Å². The molecular formula is C65H50N2. The van der Waals surface area contributed by atoms with Crippen molar-refractivity contribution in [2.24, 2.45) is 0 Å². The van der Waals surface area contributed by atoms with Crippen LogP contribution in [0.5, 0.6) is 0 Å². The molecule has 0 unspecified atom stereocenters. The van der Waals surface area contributed by atoms with Crippen LogP contribution in [0, 0.1) is 0 Å². The van der Waals surface area contributed by atoms with Gasteiger partial charge < -0.3 is 9.47 Å². The van der Waals surface area contributed by atoms with Gasteiger partial charge in [0, 0.05) is 43.9 Å². The van der Waals surface area contributed by atoms with E-state index in [1.54, 1.807) is 0 Å². The van der Waals surface area contributed by atoms with Crippen LogP contribution >= 0.6 is 0 Å². The maximum Gasteiger partial charge on any atom is 0.0562 e. The van der Waals surface area contributed by atoms with Gasteiger partial charge in [0.1, 0.15) is 0 Å². The number of hydrogen-bond donors (Lipinski definition) is 0. The number of benzene rings is 9. The molecule has 67 heavy (non-hydrogen) atoms. The van der Waals surface area contributed by atoms with Crippen LogP contribution in [0.1, 0.15) is 62.4 Å². The molecular weight excluding hydrogens is 809 g/mol. The molecule has 9 aromatic carbocycles. The summed E-state index contributed by atoms with van der Waals surface area (Å²) in [5.74, 6) is 0. The smallest absolute Gasteiger partial charge is 0.0562 e. The lowest BCUT2D eigenvalue weighted by Crippen LogP contribution is -2.15. The van der Waals surface area contributed by atoms with Gasteiger partial charge in [-0.15, -0.1) is 0 Å². The fraction of sp³-hybridized carbons (Fsp3) is 0.108. The quantitative estimate of drug-likeness (QED) is 0.151. The van der Waals surface area contributed by atoms with Crippen LogP contribution < -0.4 is 4.90 Å². The third-order valence-electron chi connectivity index (χ3n) is 15.5. The molecule has 2 heterocycles. The number of aromatic nitrogens is 1. The minimum Gasteiger partial charge on any atom is -0.309 e. The van der Waals surface area contributed by atoms with Crippen LogP contribution in [0.15, 0.2) is 207 Å². The molecule has 10 aromatic rings. The predicted octanol–water partition coefficient (Wildman–Crippen LogP) is 17.8. The third-order valence-corrected chi connectivity index (χ3v) is 15.5. The summed E-state index contributed by atoms with van der Waals surface area (Å²) in [4.78, 5) is 2.50. The molecule has 0 spiro atoms. The molecule has 2 heteroatoms. The minimum absolute atomic E-state index is 0.0370. The van der Waals surface area contributed by atoms with Crippen molar-refractivity contribution >= 4 is 60.9 Å². The Morgan fingerprint density at radius 2 is 1.10 bits per heavy atom. The highest BCUT2D eigenvalue weighted by atomic mass is 15.2. The Bertz CT molecular complexity index is 3840. The van der Waals surface area contributed by atoms with Gasteiger partial charge in [-0.05, 0) is 145 Å². The van der Waals surface area contributed by atoms with Crippen molar-refractivity contribution in [2.45, 2.75) is 45.4 Å². The molecule has 0 saturated heterocycles. The number of rotatable bonds is 6. The summed E-state index contributed by atoms with van der Waals surface area (Å²) in [6.07, 6.45) is 6.58. The van der Waals surface area contributed by atoms with Crippen molar-refractivity contribution in [2.75, 3.05) is 4.90 Å². The van der Waals surface area contributed by atoms with E-state index in [-0.39, 0.29) is 10.8 Å². The van der Waals surface area contributed by atoms with Crippen molar-refractivity contribution in [3.8, 4) is 44.5 Å². The molecule has 0 fully saturated rings. The maximum atomic E-state index is 4.48. The second-order valence-corrected chi connectivity index (χ2v) is 19.7. The molecule has 0 radical (unpaired) electrons. The lowest BCUT2D eigenvalue weighted by Gasteiger charge is -2.34. The normalized spacial score (nSPS) is 15.1. The second-order valence-electron chi connectivity index (χ2n) is 19.7. The summed E-state index contributed by atoms with van der Waals surface area (Å²) < 4.78 is 2.42. The Morgan fingerprint density at radius 3 is 1.85 bits per heavy atom. The first-order valence-electron chi connectivity index (χ1n) is 23.7. The highest BCUT2D eigenvalue weighted by Crippen LogP contribution is 2.55. The van der Waals surface area contributed by atoms with Gasteiger partial charge in [-0.25, -0.2) is 0 Å². The lowest BCUT2D eigenvalue weighted by molar-refractivity contribution is 0.660. The van der Waals surface area contributed by atoms with E-state index < -0.39 is 0 Å². The Balaban J connectivity index is 0.996. The van der Waals surface area contributed by atoms with Crippen molar-refractivity contribution < 1.29 is 0 Å². The van der Waals surface area contributed by atoms with E-state index in [1.165, 1.54) is 99.6 Å². The van der Waals surface area contributed by atoms with E-state index in [0.717, 1.165) is 33.7 Å². The van der Waals surface area contributed by atoms with E-state index in [4.69, 9.17) is 0 Å². The third kappa shape index (κ3) is 5.57. The number of nitrogens with zero attached hydrogens (tertiary/aromatic N) is 2. The monoisotopic (exact) mass is 858 g/mol. The first-order valence-corrected chi connectivity index (χ1v) is 23.7. The van der Waals surface area contributed by atoms with E-state index in [9.17, 15) is 0 Å². The SMILES string of the molecule is C=C/C(=C\C(=C/C)c1ccc2c(c1)-c1ccccc1C2(C)C)n1c2ccccc2c2cc3c(cc21)N(c1cccc(-c2ccc4c(c2)-c2ccccc2C4(C)C)c1)c1cccc2cccc-3c12. The van der Waals surface area contributed by atoms with Gasteiger partial charge in [0.05, 0.1) is 22.4 Å². The number of para-hydroxylation sites is 1. The molecule has 13 rings (SSSR count). The van der Waals surface area contributed by atoms with Gasteiger partial charge in [0.15, 0.2) is 0 Å². The summed E-state index contributed by atoms with van der Waals surface area (Å²) in [5.41, 5.74) is 24.8.